The van der Waals surface area contributed by atoms with Gasteiger partial charge in [0.1, 0.15) is 0 Å². The molecule has 1 aromatic carbocycles. The lowest BCUT2D eigenvalue weighted by atomic mass is 10.2. The van der Waals surface area contributed by atoms with E-state index in [1.54, 1.807) is 0 Å². The smallest absolute Gasteiger partial charge is 0.0865 e. The van der Waals surface area contributed by atoms with Gasteiger partial charge in [-0.2, -0.15) is 5.10 Å². The van der Waals surface area contributed by atoms with E-state index in [9.17, 15) is 0 Å². The van der Waals surface area contributed by atoms with Crippen LogP contribution in [0.3, 0.4) is 0 Å². The minimum atomic E-state index is 0.768. The number of nitrogens with zero attached hydrogens (tertiary/aromatic N) is 3. The van der Waals surface area contributed by atoms with Crippen molar-refractivity contribution in [3.8, 4) is 0 Å². The van der Waals surface area contributed by atoms with Gasteiger partial charge in [0.25, 0.3) is 0 Å². The van der Waals surface area contributed by atoms with Gasteiger partial charge in [-0.05, 0) is 32.0 Å². The number of hydrogen-bond donors (Lipinski definition) is 1. The van der Waals surface area contributed by atoms with Crippen LogP contribution < -0.4 is 10.6 Å². The number of nitrogens with two attached hydrogens (primary N) is 1. The van der Waals surface area contributed by atoms with E-state index >= 15 is 0 Å². The highest BCUT2D eigenvalue weighted by Gasteiger charge is 2.21. The highest BCUT2D eigenvalue weighted by molar-refractivity contribution is 7.99. The van der Waals surface area contributed by atoms with Gasteiger partial charge in [-0.25, -0.2) is 0 Å². The number of anilines is 2. The minimum absolute atomic E-state index is 0.768. The quantitative estimate of drug-likeness (QED) is 0.878. The Morgan fingerprint density at radius 1 is 1.43 bits per heavy atom. The molecule has 0 spiro atoms. The Morgan fingerprint density at radius 2 is 2.24 bits per heavy atom. The van der Waals surface area contributed by atoms with Gasteiger partial charge in [0.15, 0.2) is 0 Å². The highest BCUT2D eigenvalue weighted by atomic mass is 35.5. The molecule has 0 aliphatic carbocycles. The van der Waals surface area contributed by atoms with Gasteiger partial charge in [0.05, 0.1) is 28.6 Å². The van der Waals surface area contributed by atoms with Crippen LogP contribution in [0, 0.1) is 6.92 Å². The van der Waals surface area contributed by atoms with E-state index in [4.69, 9.17) is 17.3 Å². The Bertz CT molecular complexity index is 668. The summed E-state index contributed by atoms with van der Waals surface area (Å²) in [6.45, 7) is 6.63. The molecule has 0 saturated carbocycles. The number of halogens is 1. The largest absolute Gasteiger partial charge is 0.399 e. The molecule has 1 aliphatic heterocycles. The molecule has 112 valence electrons. The molecule has 3 rings (SSSR count). The number of nitrogen functional groups attached to an aromatic ring is 1. The molecular formula is C15H19ClN4S. The van der Waals surface area contributed by atoms with Crippen molar-refractivity contribution in [2.24, 2.45) is 0 Å². The maximum Gasteiger partial charge on any atom is 0.0865 e. The molecule has 6 heteroatoms. The van der Waals surface area contributed by atoms with Gasteiger partial charge in [-0.1, -0.05) is 11.6 Å². The van der Waals surface area contributed by atoms with E-state index in [1.807, 2.05) is 29.4 Å². The van der Waals surface area contributed by atoms with Gasteiger partial charge in [-0.3, -0.25) is 4.68 Å². The highest BCUT2D eigenvalue weighted by Crippen LogP contribution is 2.37. The van der Waals surface area contributed by atoms with Gasteiger partial charge < -0.3 is 10.6 Å². The number of hydrogen-bond acceptors (Lipinski definition) is 4. The number of aryl methyl sites for hydroxylation is 2. The van der Waals surface area contributed by atoms with Crippen molar-refractivity contribution in [1.82, 2.24) is 9.78 Å². The number of thioether (sulfide) groups is 1. The molecule has 1 aliphatic rings. The third-order valence-electron chi connectivity index (χ3n) is 3.74. The second-order valence-corrected chi connectivity index (χ2v) is 6.67. The SMILES string of the molecule is CCn1nc(C)c(Cl)c1CN1CCSc2ccc(N)cc21. The van der Waals surface area contributed by atoms with E-state index in [1.165, 1.54) is 10.6 Å². The van der Waals surface area contributed by atoms with Gasteiger partial charge in [0, 0.05) is 29.4 Å². The first-order valence-corrected chi connectivity index (χ1v) is 8.45. The summed E-state index contributed by atoms with van der Waals surface area (Å²) in [6.07, 6.45) is 0. The molecule has 0 atom stereocenters. The predicted octanol–water partition coefficient (Wildman–Crippen LogP) is 3.56. The van der Waals surface area contributed by atoms with Crippen LogP contribution in [0.2, 0.25) is 5.02 Å². The summed E-state index contributed by atoms with van der Waals surface area (Å²) < 4.78 is 1.99. The van der Waals surface area contributed by atoms with Crippen molar-refractivity contribution >= 4 is 34.7 Å². The number of aromatic nitrogens is 2. The summed E-state index contributed by atoms with van der Waals surface area (Å²) >= 11 is 8.31. The van der Waals surface area contributed by atoms with Crippen LogP contribution in [-0.4, -0.2) is 22.1 Å². The van der Waals surface area contributed by atoms with Gasteiger partial charge in [0.2, 0.25) is 0 Å². The van der Waals surface area contributed by atoms with Crippen LogP contribution in [0.1, 0.15) is 18.3 Å². The van der Waals surface area contributed by atoms with E-state index in [-0.39, 0.29) is 0 Å². The van der Waals surface area contributed by atoms with E-state index in [2.05, 4.69) is 29.1 Å². The van der Waals surface area contributed by atoms with E-state index < -0.39 is 0 Å². The molecular weight excluding hydrogens is 304 g/mol. The molecule has 0 saturated heterocycles. The van der Waals surface area contributed by atoms with Crippen LogP contribution >= 0.6 is 23.4 Å². The van der Waals surface area contributed by atoms with Gasteiger partial charge >= 0.3 is 0 Å². The third-order valence-corrected chi connectivity index (χ3v) is 5.27. The lowest BCUT2D eigenvalue weighted by Crippen LogP contribution is -2.30. The minimum Gasteiger partial charge on any atom is -0.399 e. The van der Waals surface area contributed by atoms with Crippen molar-refractivity contribution < 1.29 is 0 Å². The first-order valence-electron chi connectivity index (χ1n) is 7.09. The Morgan fingerprint density at radius 3 is 3.00 bits per heavy atom. The fraction of sp³-hybridized carbons (Fsp3) is 0.400. The second kappa shape index (κ2) is 5.81. The molecule has 0 unspecified atom stereocenters. The number of benzene rings is 1. The van der Waals surface area contributed by atoms with Crippen molar-refractivity contribution in [2.45, 2.75) is 31.8 Å². The fourth-order valence-electron chi connectivity index (χ4n) is 2.65. The first-order chi connectivity index (χ1) is 10.1. The molecule has 0 fully saturated rings. The molecule has 0 amide bonds. The normalized spacial score (nSPS) is 14.3. The predicted molar refractivity (Wildman–Crippen MR) is 90.3 cm³/mol. The maximum atomic E-state index is 6.43. The van der Waals surface area contributed by atoms with Crippen LogP contribution in [0.5, 0.6) is 0 Å². The van der Waals surface area contributed by atoms with Gasteiger partial charge in [-0.15, -0.1) is 11.8 Å². The van der Waals surface area contributed by atoms with E-state index in [0.717, 1.165) is 47.5 Å². The van der Waals surface area contributed by atoms with E-state index in [0.29, 0.717) is 0 Å². The average Bonchev–Trinajstić information content (AvgIpc) is 2.75. The molecule has 21 heavy (non-hydrogen) atoms. The van der Waals surface area contributed by atoms with Crippen LogP contribution in [-0.2, 0) is 13.1 Å². The summed E-state index contributed by atoms with van der Waals surface area (Å²) in [4.78, 5) is 3.63. The number of fused-ring (bicyclic) bond motifs is 1. The van der Waals surface area contributed by atoms with Crippen LogP contribution in [0.15, 0.2) is 23.1 Å². The molecule has 4 nitrogen and oxygen atoms in total. The number of rotatable bonds is 3. The Kier molecular flexibility index (Phi) is 4.04. The summed E-state index contributed by atoms with van der Waals surface area (Å²) in [5.74, 6) is 1.08. The monoisotopic (exact) mass is 322 g/mol. The fourth-order valence-corrected chi connectivity index (χ4v) is 3.88. The Hall–Kier alpha value is -1.33. The second-order valence-electron chi connectivity index (χ2n) is 5.16. The summed E-state index contributed by atoms with van der Waals surface area (Å²) in [6, 6.07) is 6.11. The summed E-state index contributed by atoms with van der Waals surface area (Å²) in [5, 5.41) is 5.27. The lowest BCUT2D eigenvalue weighted by molar-refractivity contribution is 0.607. The molecule has 2 aromatic rings. The zero-order valence-electron chi connectivity index (χ0n) is 12.3. The zero-order chi connectivity index (χ0) is 15.0. The van der Waals surface area contributed by atoms with Crippen molar-refractivity contribution in [2.75, 3.05) is 22.9 Å². The van der Waals surface area contributed by atoms with Crippen LogP contribution in [0.25, 0.3) is 0 Å². The van der Waals surface area contributed by atoms with Crippen molar-refractivity contribution in [3.63, 3.8) is 0 Å². The topological polar surface area (TPSA) is 47.1 Å². The summed E-state index contributed by atoms with van der Waals surface area (Å²) in [7, 11) is 0. The van der Waals surface area contributed by atoms with Crippen molar-refractivity contribution in [1.29, 1.82) is 0 Å². The zero-order valence-corrected chi connectivity index (χ0v) is 13.8. The lowest BCUT2D eigenvalue weighted by Gasteiger charge is -2.31. The Balaban J connectivity index is 1.95. The third kappa shape index (κ3) is 2.72. The van der Waals surface area contributed by atoms with Crippen LogP contribution in [0.4, 0.5) is 11.4 Å². The maximum absolute atomic E-state index is 6.43. The first kappa shape index (κ1) is 14.6. The molecule has 0 bridgehead atoms. The molecule has 2 heterocycles. The Labute approximate surface area is 134 Å². The molecule has 2 N–H and O–H groups in total. The standard InChI is InChI=1S/C15H19ClN4S/c1-3-20-13(15(16)10(2)18-20)9-19-6-7-21-14-5-4-11(17)8-12(14)19/h4-5,8H,3,6-7,9,17H2,1-2H3. The summed E-state index contributed by atoms with van der Waals surface area (Å²) in [5.41, 5.74) is 9.92. The van der Waals surface area contributed by atoms with Crippen molar-refractivity contribution in [3.05, 3.63) is 34.6 Å². The molecule has 0 radical (unpaired) electrons. The molecule has 1 aromatic heterocycles. The average molecular weight is 323 g/mol.